The largest absolute Gasteiger partial charge is 0.379 e. The van der Waals surface area contributed by atoms with Crippen LogP contribution in [0.2, 0.25) is 0 Å². The van der Waals surface area contributed by atoms with Crippen molar-refractivity contribution in [2.24, 2.45) is 0 Å². The quantitative estimate of drug-likeness (QED) is 0.706. The SMILES string of the molecule is CCC(=O)NCC(C)N1CCOCC1. The van der Waals surface area contributed by atoms with Crippen LogP contribution in [0.25, 0.3) is 0 Å². The second kappa shape index (κ2) is 5.98. The highest BCUT2D eigenvalue weighted by Gasteiger charge is 2.16. The van der Waals surface area contributed by atoms with Gasteiger partial charge in [0.2, 0.25) is 5.91 Å². The van der Waals surface area contributed by atoms with Crippen LogP contribution >= 0.6 is 0 Å². The third-order valence-corrected chi connectivity index (χ3v) is 2.58. The Bertz CT molecular complexity index is 179. The highest BCUT2D eigenvalue weighted by Crippen LogP contribution is 2.02. The lowest BCUT2D eigenvalue weighted by Gasteiger charge is -2.32. The van der Waals surface area contributed by atoms with E-state index in [9.17, 15) is 4.79 Å². The van der Waals surface area contributed by atoms with E-state index < -0.39 is 0 Å². The van der Waals surface area contributed by atoms with E-state index in [1.807, 2.05) is 6.92 Å². The molecule has 1 N–H and O–H groups in total. The summed E-state index contributed by atoms with van der Waals surface area (Å²) in [6.45, 7) is 8.33. The maximum atomic E-state index is 11.0. The molecule has 4 heteroatoms. The first-order valence-corrected chi connectivity index (χ1v) is 5.32. The van der Waals surface area contributed by atoms with Crippen LogP contribution in [0, 0.1) is 0 Å². The molecule has 0 aliphatic carbocycles. The molecule has 14 heavy (non-hydrogen) atoms. The highest BCUT2D eigenvalue weighted by atomic mass is 16.5. The lowest BCUT2D eigenvalue weighted by molar-refractivity contribution is -0.121. The third kappa shape index (κ3) is 3.64. The van der Waals surface area contributed by atoms with Gasteiger partial charge in [0.25, 0.3) is 0 Å². The van der Waals surface area contributed by atoms with Crippen LogP contribution in [0.5, 0.6) is 0 Å². The van der Waals surface area contributed by atoms with E-state index in [4.69, 9.17) is 4.74 Å². The van der Waals surface area contributed by atoms with E-state index in [2.05, 4.69) is 17.1 Å². The highest BCUT2D eigenvalue weighted by molar-refractivity contribution is 5.75. The number of hydrogen-bond acceptors (Lipinski definition) is 3. The van der Waals surface area contributed by atoms with Crippen LogP contribution < -0.4 is 5.32 Å². The van der Waals surface area contributed by atoms with Crippen molar-refractivity contribution >= 4 is 5.91 Å². The number of rotatable bonds is 4. The molecule has 0 bridgehead atoms. The molecule has 1 rings (SSSR count). The molecule has 82 valence electrons. The van der Waals surface area contributed by atoms with Gasteiger partial charge >= 0.3 is 0 Å². The molecule has 0 saturated carbocycles. The van der Waals surface area contributed by atoms with Gasteiger partial charge < -0.3 is 10.1 Å². The third-order valence-electron chi connectivity index (χ3n) is 2.58. The first-order chi connectivity index (χ1) is 6.74. The summed E-state index contributed by atoms with van der Waals surface area (Å²) >= 11 is 0. The average molecular weight is 200 g/mol. The fraction of sp³-hybridized carbons (Fsp3) is 0.900. The Labute approximate surface area is 85.6 Å². The van der Waals surface area contributed by atoms with Gasteiger partial charge in [0.1, 0.15) is 0 Å². The lowest BCUT2D eigenvalue weighted by Crippen LogP contribution is -2.47. The van der Waals surface area contributed by atoms with Gasteiger partial charge in [-0.05, 0) is 6.92 Å². The fourth-order valence-corrected chi connectivity index (χ4v) is 1.53. The van der Waals surface area contributed by atoms with E-state index in [0.29, 0.717) is 12.5 Å². The van der Waals surface area contributed by atoms with Gasteiger partial charge in [-0.15, -0.1) is 0 Å². The predicted molar refractivity (Wildman–Crippen MR) is 55.2 cm³/mol. The summed E-state index contributed by atoms with van der Waals surface area (Å²) < 4.78 is 5.27. The smallest absolute Gasteiger partial charge is 0.219 e. The number of amides is 1. The summed E-state index contributed by atoms with van der Waals surface area (Å²) in [6, 6.07) is 0.411. The summed E-state index contributed by atoms with van der Waals surface area (Å²) in [4.78, 5) is 13.4. The zero-order valence-electron chi connectivity index (χ0n) is 9.08. The second-order valence-corrected chi connectivity index (χ2v) is 3.65. The van der Waals surface area contributed by atoms with E-state index in [0.717, 1.165) is 32.8 Å². The minimum absolute atomic E-state index is 0.130. The first kappa shape index (κ1) is 11.5. The number of hydrogen-bond donors (Lipinski definition) is 1. The van der Waals surface area contributed by atoms with E-state index in [1.165, 1.54) is 0 Å². The zero-order valence-corrected chi connectivity index (χ0v) is 9.08. The van der Waals surface area contributed by atoms with Crippen LogP contribution in [0.15, 0.2) is 0 Å². The maximum absolute atomic E-state index is 11.0. The van der Waals surface area contributed by atoms with Crippen LogP contribution in [-0.2, 0) is 9.53 Å². The topological polar surface area (TPSA) is 41.6 Å². The summed E-state index contributed by atoms with van der Waals surface area (Å²) in [5.41, 5.74) is 0. The molecule has 0 spiro atoms. The molecule has 1 atom stereocenters. The Balaban J connectivity index is 2.19. The number of carbonyl (C=O) groups excluding carboxylic acids is 1. The molecule has 1 heterocycles. The lowest BCUT2D eigenvalue weighted by atomic mass is 10.2. The van der Waals surface area contributed by atoms with Gasteiger partial charge in [0, 0.05) is 32.1 Å². The number of ether oxygens (including phenoxy) is 1. The molecule has 0 radical (unpaired) electrons. The van der Waals surface area contributed by atoms with Gasteiger partial charge in [0.05, 0.1) is 13.2 Å². The Morgan fingerprint density at radius 3 is 2.71 bits per heavy atom. The molecule has 1 saturated heterocycles. The van der Waals surface area contributed by atoms with Crippen molar-refractivity contribution < 1.29 is 9.53 Å². The average Bonchev–Trinajstić information content (AvgIpc) is 2.26. The number of nitrogens with one attached hydrogen (secondary N) is 1. The molecule has 1 amide bonds. The Kier molecular flexibility index (Phi) is 4.90. The van der Waals surface area contributed by atoms with Crippen molar-refractivity contribution in [2.75, 3.05) is 32.8 Å². The minimum atomic E-state index is 0.130. The molecule has 0 aromatic rings. The monoisotopic (exact) mass is 200 g/mol. The molecule has 1 fully saturated rings. The number of carbonyl (C=O) groups is 1. The van der Waals surface area contributed by atoms with Crippen molar-refractivity contribution in [3.05, 3.63) is 0 Å². The van der Waals surface area contributed by atoms with Gasteiger partial charge in [-0.3, -0.25) is 9.69 Å². The molecule has 0 aromatic heterocycles. The van der Waals surface area contributed by atoms with Crippen molar-refractivity contribution in [2.45, 2.75) is 26.3 Å². The van der Waals surface area contributed by atoms with E-state index in [1.54, 1.807) is 0 Å². The van der Waals surface area contributed by atoms with Crippen LogP contribution in [0.1, 0.15) is 20.3 Å². The van der Waals surface area contributed by atoms with Crippen LogP contribution in [-0.4, -0.2) is 49.7 Å². The summed E-state index contributed by atoms with van der Waals surface area (Å²) in [6.07, 6.45) is 0.565. The van der Waals surface area contributed by atoms with Crippen molar-refractivity contribution in [1.29, 1.82) is 0 Å². The van der Waals surface area contributed by atoms with Crippen LogP contribution in [0.3, 0.4) is 0 Å². The molecule has 4 nitrogen and oxygen atoms in total. The first-order valence-electron chi connectivity index (χ1n) is 5.32. The Morgan fingerprint density at radius 2 is 2.14 bits per heavy atom. The van der Waals surface area contributed by atoms with Crippen molar-refractivity contribution in [3.63, 3.8) is 0 Å². The maximum Gasteiger partial charge on any atom is 0.219 e. The zero-order chi connectivity index (χ0) is 10.4. The number of nitrogens with zero attached hydrogens (tertiary/aromatic N) is 1. The Hall–Kier alpha value is -0.610. The molecule has 1 aliphatic rings. The normalized spacial score (nSPS) is 20.4. The molecule has 1 aliphatic heterocycles. The van der Waals surface area contributed by atoms with E-state index in [-0.39, 0.29) is 5.91 Å². The molecular formula is C10H20N2O2. The summed E-state index contributed by atoms with van der Waals surface area (Å²) in [5, 5.41) is 2.91. The van der Waals surface area contributed by atoms with Gasteiger partial charge in [-0.25, -0.2) is 0 Å². The predicted octanol–water partition coefficient (Wildman–Crippen LogP) is 0.233. The molecule has 1 unspecified atom stereocenters. The fourth-order valence-electron chi connectivity index (χ4n) is 1.53. The summed E-state index contributed by atoms with van der Waals surface area (Å²) in [5.74, 6) is 0.130. The second-order valence-electron chi connectivity index (χ2n) is 3.65. The van der Waals surface area contributed by atoms with Crippen LogP contribution in [0.4, 0.5) is 0 Å². The van der Waals surface area contributed by atoms with E-state index >= 15 is 0 Å². The summed E-state index contributed by atoms with van der Waals surface area (Å²) in [7, 11) is 0. The van der Waals surface area contributed by atoms with Crippen molar-refractivity contribution in [1.82, 2.24) is 10.2 Å². The van der Waals surface area contributed by atoms with Gasteiger partial charge in [-0.1, -0.05) is 6.92 Å². The Morgan fingerprint density at radius 1 is 1.50 bits per heavy atom. The standard InChI is InChI=1S/C10H20N2O2/c1-3-10(13)11-8-9(2)12-4-6-14-7-5-12/h9H,3-8H2,1-2H3,(H,11,13). The van der Waals surface area contributed by atoms with Gasteiger partial charge in [0.15, 0.2) is 0 Å². The molecule has 0 aromatic carbocycles. The minimum Gasteiger partial charge on any atom is -0.379 e. The van der Waals surface area contributed by atoms with Gasteiger partial charge in [-0.2, -0.15) is 0 Å². The molecular weight excluding hydrogens is 180 g/mol. The number of morpholine rings is 1. The van der Waals surface area contributed by atoms with Crippen molar-refractivity contribution in [3.8, 4) is 0 Å².